The van der Waals surface area contributed by atoms with Gasteiger partial charge in [-0.2, -0.15) is 0 Å². The Morgan fingerprint density at radius 2 is 2.12 bits per heavy atom. The van der Waals surface area contributed by atoms with Crippen LogP contribution in [0.5, 0.6) is 5.75 Å². The second-order valence-electron chi connectivity index (χ2n) is 4.88. The highest BCUT2D eigenvalue weighted by Crippen LogP contribution is 2.30. The van der Waals surface area contributed by atoms with E-state index in [1.54, 1.807) is 7.11 Å². The predicted molar refractivity (Wildman–Crippen MR) is 71.6 cm³/mol. The van der Waals surface area contributed by atoms with Gasteiger partial charge in [0.2, 0.25) is 0 Å². The largest absolute Gasteiger partial charge is 0.495 e. The number of hydrogen-bond acceptors (Lipinski definition) is 2. The van der Waals surface area contributed by atoms with Gasteiger partial charge in [-0.25, -0.2) is 0 Å². The zero-order valence-electron chi connectivity index (χ0n) is 10.3. The quantitative estimate of drug-likeness (QED) is 0.896. The molecule has 0 bridgehead atoms. The topological polar surface area (TPSA) is 35.2 Å². The fourth-order valence-corrected chi connectivity index (χ4v) is 2.91. The lowest BCUT2D eigenvalue weighted by Gasteiger charge is -2.28. The van der Waals surface area contributed by atoms with Gasteiger partial charge in [-0.3, -0.25) is 0 Å². The summed E-state index contributed by atoms with van der Waals surface area (Å²) < 4.78 is 5.15. The van der Waals surface area contributed by atoms with Gasteiger partial charge in [-0.15, -0.1) is 0 Å². The molecule has 0 aromatic heterocycles. The van der Waals surface area contributed by atoms with Crippen molar-refractivity contribution in [2.75, 3.05) is 7.11 Å². The predicted octanol–water partition coefficient (Wildman–Crippen LogP) is 3.41. The van der Waals surface area contributed by atoms with E-state index in [4.69, 9.17) is 22.1 Å². The van der Waals surface area contributed by atoms with Crippen molar-refractivity contribution in [3.05, 3.63) is 28.8 Å². The summed E-state index contributed by atoms with van der Waals surface area (Å²) in [7, 11) is 1.64. The molecule has 2 atom stereocenters. The van der Waals surface area contributed by atoms with E-state index in [1.165, 1.54) is 24.8 Å². The molecule has 1 saturated carbocycles. The van der Waals surface area contributed by atoms with E-state index in [-0.39, 0.29) is 0 Å². The van der Waals surface area contributed by atoms with E-state index in [0.717, 1.165) is 18.6 Å². The fraction of sp³-hybridized carbons (Fsp3) is 0.571. The third-order valence-corrected chi connectivity index (χ3v) is 3.98. The van der Waals surface area contributed by atoms with Crippen LogP contribution in [0.1, 0.15) is 31.2 Å². The highest BCUT2D eigenvalue weighted by atomic mass is 35.5. The van der Waals surface area contributed by atoms with Crippen molar-refractivity contribution in [3.8, 4) is 5.75 Å². The van der Waals surface area contributed by atoms with E-state index in [1.807, 2.05) is 12.1 Å². The van der Waals surface area contributed by atoms with Gasteiger partial charge in [-0.1, -0.05) is 30.5 Å². The van der Waals surface area contributed by atoms with Crippen molar-refractivity contribution < 1.29 is 4.74 Å². The van der Waals surface area contributed by atoms with Crippen LogP contribution in [0.4, 0.5) is 0 Å². The van der Waals surface area contributed by atoms with Crippen LogP contribution in [-0.2, 0) is 6.42 Å². The van der Waals surface area contributed by atoms with Crippen molar-refractivity contribution in [2.24, 2.45) is 11.7 Å². The molecule has 0 spiro atoms. The summed E-state index contributed by atoms with van der Waals surface area (Å²) in [6, 6.07) is 6.38. The molecule has 0 aliphatic heterocycles. The minimum atomic E-state index is 0.352. The second kappa shape index (κ2) is 5.74. The van der Waals surface area contributed by atoms with Crippen LogP contribution in [0, 0.1) is 5.92 Å². The summed E-state index contributed by atoms with van der Waals surface area (Å²) >= 11 is 6.13. The van der Waals surface area contributed by atoms with Gasteiger partial charge in [-0.05, 0) is 42.9 Å². The number of ether oxygens (including phenoxy) is 1. The van der Waals surface area contributed by atoms with Gasteiger partial charge in [0.1, 0.15) is 5.75 Å². The Hall–Kier alpha value is -0.730. The Morgan fingerprint density at radius 1 is 1.35 bits per heavy atom. The van der Waals surface area contributed by atoms with Crippen LogP contribution >= 0.6 is 11.6 Å². The smallest absolute Gasteiger partial charge is 0.137 e. The lowest BCUT2D eigenvalue weighted by molar-refractivity contribution is 0.306. The summed E-state index contributed by atoms with van der Waals surface area (Å²) in [5.41, 5.74) is 7.43. The molecule has 3 heteroatoms. The lowest BCUT2D eigenvalue weighted by Crippen LogP contribution is -2.34. The Morgan fingerprint density at radius 3 is 2.76 bits per heavy atom. The zero-order valence-corrected chi connectivity index (χ0v) is 11.0. The number of nitrogens with two attached hydrogens (primary N) is 1. The molecule has 17 heavy (non-hydrogen) atoms. The third kappa shape index (κ3) is 3.14. The summed E-state index contributed by atoms with van der Waals surface area (Å²) in [6.07, 6.45) is 6.02. The van der Waals surface area contributed by atoms with Crippen molar-refractivity contribution in [1.29, 1.82) is 0 Å². The monoisotopic (exact) mass is 253 g/mol. The maximum atomic E-state index is 6.16. The molecular weight excluding hydrogens is 234 g/mol. The molecule has 1 aliphatic carbocycles. The summed E-state index contributed by atoms with van der Waals surface area (Å²) in [6.45, 7) is 0. The average molecular weight is 254 g/mol. The Kier molecular flexibility index (Phi) is 4.30. The van der Waals surface area contributed by atoms with Crippen LogP contribution in [-0.4, -0.2) is 13.2 Å². The molecule has 0 radical (unpaired) electrons. The molecule has 2 unspecified atom stereocenters. The minimum Gasteiger partial charge on any atom is -0.495 e. The number of hydrogen-bond donors (Lipinski definition) is 1. The van der Waals surface area contributed by atoms with Gasteiger partial charge in [0.05, 0.1) is 12.1 Å². The fourth-order valence-electron chi connectivity index (χ4n) is 2.63. The number of methoxy groups -OCH3 is 1. The molecule has 1 fully saturated rings. The average Bonchev–Trinajstić information content (AvgIpc) is 2.32. The third-order valence-electron chi connectivity index (χ3n) is 3.68. The molecule has 94 valence electrons. The first kappa shape index (κ1) is 12.7. The normalized spacial score (nSPS) is 24.6. The minimum absolute atomic E-state index is 0.352. The highest BCUT2D eigenvalue weighted by molar-refractivity contribution is 6.32. The molecule has 1 aromatic rings. The highest BCUT2D eigenvalue weighted by Gasteiger charge is 2.22. The SMILES string of the molecule is COc1ccc(CC2CCCCC2N)cc1Cl. The molecule has 0 amide bonds. The van der Waals surface area contributed by atoms with Gasteiger partial charge in [0.25, 0.3) is 0 Å². The number of benzene rings is 1. The first-order valence-electron chi connectivity index (χ1n) is 6.28. The van der Waals surface area contributed by atoms with Gasteiger partial charge >= 0.3 is 0 Å². The van der Waals surface area contributed by atoms with Crippen LogP contribution in [0.15, 0.2) is 18.2 Å². The van der Waals surface area contributed by atoms with Gasteiger partial charge < -0.3 is 10.5 Å². The molecule has 2 N–H and O–H groups in total. The molecule has 1 aliphatic rings. The number of halogens is 1. The molecule has 0 saturated heterocycles. The number of rotatable bonds is 3. The Bertz CT molecular complexity index is 380. The Balaban J connectivity index is 2.05. The maximum Gasteiger partial charge on any atom is 0.137 e. The van der Waals surface area contributed by atoms with E-state index >= 15 is 0 Å². The van der Waals surface area contributed by atoms with E-state index < -0.39 is 0 Å². The van der Waals surface area contributed by atoms with E-state index in [0.29, 0.717) is 17.0 Å². The molecule has 2 rings (SSSR count). The summed E-state index contributed by atoms with van der Waals surface area (Å²) in [4.78, 5) is 0. The van der Waals surface area contributed by atoms with Crippen LogP contribution in [0.2, 0.25) is 5.02 Å². The van der Waals surface area contributed by atoms with Crippen LogP contribution in [0.3, 0.4) is 0 Å². The standard InChI is InChI=1S/C14H20ClNO/c1-17-14-7-6-10(9-12(14)15)8-11-4-2-3-5-13(11)16/h6-7,9,11,13H,2-5,8,16H2,1H3. The van der Waals surface area contributed by atoms with Crippen LogP contribution in [0.25, 0.3) is 0 Å². The van der Waals surface area contributed by atoms with Crippen molar-refractivity contribution in [2.45, 2.75) is 38.1 Å². The van der Waals surface area contributed by atoms with E-state index in [2.05, 4.69) is 6.07 Å². The maximum absolute atomic E-state index is 6.16. The second-order valence-corrected chi connectivity index (χ2v) is 5.29. The van der Waals surface area contributed by atoms with Gasteiger partial charge in [0, 0.05) is 6.04 Å². The van der Waals surface area contributed by atoms with Crippen molar-refractivity contribution in [3.63, 3.8) is 0 Å². The molecule has 0 heterocycles. The van der Waals surface area contributed by atoms with E-state index in [9.17, 15) is 0 Å². The molecule has 2 nitrogen and oxygen atoms in total. The molecule has 1 aromatic carbocycles. The van der Waals surface area contributed by atoms with Crippen LogP contribution < -0.4 is 10.5 Å². The molecular formula is C14H20ClNO. The van der Waals surface area contributed by atoms with Gasteiger partial charge in [0.15, 0.2) is 0 Å². The summed E-state index contributed by atoms with van der Waals surface area (Å²) in [5, 5.41) is 0.689. The summed E-state index contributed by atoms with van der Waals surface area (Å²) in [5.74, 6) is 1.34. The lowest BCUT2D eigenvalue weighted by atomic mass is 9.81. The van der Waals surface area contributed by atoms with Crippen molar-refractivity contribution >= 4 is 11.6 Å². The first-order chi connectivity index (χ1) is 8.20. The first-order valence-corrected chi connectivity index (χ1v) is 6.66. The van der Waals surface area contributed by atoms with Crippen molar-refractivity contribution in [1.82, 2.24) is 0 Å². The zero-order chi connectivity index (χ0) is 12.3. The Labute approximate surface area is 108 Å².